The Morgan fingerprint density at radius 1 is 1.26 bits per heavy atom. The first-order chi connectivity index (χ1) is 11.1. The molecule has 0 spiro atoms. The van der Waals surface area contributed by atoms with E-state index in [4.69, 9.17) is 9.26 Å². The van der Waals surface area contributed by atoms with E-state index in [2.05, 4.69) is 20.4 Å². The van der Waals surface area contributed by atoms with Crippen molar-refractivity contribution in [2.24, 2.45) is 0 Å². The van der Waals surface area contributed by atoms with Gasteiger partial charge in [0.05, 0.1) is 11.7 Å². The molecule has 3 aromatic rings. The fourth-order valence-corrected chi connectivity index (χ4v) is 2.63. The van der Waals surface area contributed by atoms with Crippen LogP contribution in [-0.2, 0) is 4.74 Å². The molecule has 0 bridgehead atoms. The van der Waals surface area contributed by atoms with Gasteiger partial charge in [-0.25, -0.2) is 9.37 Å². The number of hydrogen-bond donors (Lipinski definition) is 1. The molecular formula is C16H17FN4O2. The second-order valence-electron chi connectivity index (χ2n) is 5.28. The van der Waals surface area contributed by atoms with E-state index >= 15 is 0 Å². The van der Waals surface area contributed by atoms with Crippen LogP contribution in [0.1, 0.15) is 24.3 Å². The lowest BCUT2D eigenvalue weighted by atomic mass is 10.0. The molecule has 0 radical (unpaired) electrons. The van der Waals surface area contributed by atoms with Crippen LogP contribution in [0.25, 0.3) is 11.1 Å². The zero-order valence-corrected chi connectivity index (χ0v) is 13.1. The van der Waals surface area contributed by atoms with Crippen LogP contribution in [0.4, 0.5) is 10.2 Å². The van der Waals surface area contributed by atoms with Crippen molar-refractivity contribution in [3.63, 3.8) is 0 Å². The summed E-state index contributed by atoms with van der Waals surface area (Å²) in [4.78, 5) is 8.28. The first-order valence-corrected chi connectivity index (χ1v) is 7.22. The molecule has 7 heteroatoms. The van der Waals surface area contributed by atoms with Gasteiger partial charge in [-0.05, 0) is 19.9 Å². The van der Waals surface area contributed by atoms with Gasteiger partial charge in [-0.2, -0.15) is 4.98 Å². The molecule has 1 aromatic carbocycles. The molecule has 0 saturated heterocycles. The number of methoxy groups -OCH3 is 1. The Balaban J connectivity index is 1.91. The predicted octanol–water partition coefficient (Wildman–Crippen LogP) is 3.25. The summed E-state index contributed by atoms with van der Waals surface area (Å²) in [5.41, 5.74) is 1.59. The third-order valence-electron chi connectivity index (χ3n) is 3.73. The molecule has 23 heavy (non-hydrogen) atoms. The Kier molecular flexibility index (Phi) is 4.20. The summed E-state index contributed by atoms with van der Waals surface area (Å²) in [6.45, 7) is 3.72. The number of benzene rings is 1. The second-order valence-corrected chi connectivity index (χ2v) is 5.28. The van der Waals surface area contributed by atoms with E-state index in [-0.39, 0.29) is 11.9 Å². The van der Waals surface area contributed by atoms with Crippen molar-refractivity contribution in [3.05, 3.63) is 47.7 Å². The topological polar surface area (TPSA) is 73.1 Å². The van der Waals surface area contributed by atoms with Gasteiger partial charge in [0.1, 0.15) is 29.5 Å². The maximum absolute atomic E-state index is 14.0. The van der Waals surface area contributed by atoms with Crippen molar-refractivity contribution in [2.75, 3.05) is 12.4 Å². The summed E-state index contributed by atoms with van der Waals surface area (Å²) in [5, 5.41) is 7.85. The maximum Gasteiger partial charge on any atom is 0.263 e. The van der Waals surface area contributed by atoms with Gasteiger partial charge in [-0.1, -0.05) is 23.4 Å². The Morgan fingerprint density at radius 2 is 2.04 bits per heavy atom. The lowest BCUT2D eigenvalue weighted by molar-refractivity contribution is 0.0876. The van der Waals surface area contributed by atoms with E-state index in [1.54, 1.807) is 25.3 Å². The number of anilines is 1. The van der Waals surface area contributed by atoms with Gasteiger partial charge >= 0.3 is 0 Å². The summed E-state index contributed by atoms with van der Waals surface area (Å²) in [6.07, 6.45) is 0.925. The smallest absolute Gasteiger partial charge is 0.263 e. The van der Waals surface area contributed by atoms with Crippen molar-refractivity contribution in [1.82, 2.24) is 15.1 Å². The molecule has 2 aromatic heterocycles. The monoisotopic (exact) mass is 316 g/mol. The molecule has 1 N–H and O–H groups in total. The van der Waals surface area contributed by atoms with Gasteiger partial charge in [0.2, 0.25) is 0 Å². The van der Waals surface area contributed by atoms with Crippen LogP contribution in [0.3, 0.4) is 0 Å². The van der Waals surface area contributed by atoms with Gasteiger partial charge in [-0.3, -0.25) is 0 Å². The summed E-state index contributed by atoms with van der Waals surface area (Å²) in [7, 11) is 1.55. The maximum atomic E-state index is 14.0. The minimum absolute atomic E-state index is 0.232. The Labute approximate surface area is 132 Å². The fraction of sp³-hybridized carbons (Fsp3) is 0.312. The van der Waals surface area contributed by atoms with Crippen molar-refractivity contribution in [1.29, 1.82) is 0 Å². The molecule has 3 rings (SSSR count). The highest BCUT2D eigenvalue weighted by Crippen LogP contribution is 2.28. The number of rotatable bonds is 5. The van der Waals surface area contributed by atoms with Crippen molar-refractivity contribution >= 4 is 16.9 Å². The minimum atomic E-state index is -0.471. The van der Waals surface area contributed by atoms with Gasteiger partial charge in [0.15, 0.2) is 0 Å². The Bertz CT molecular complexity index is 821. The lowest BCUT2D eigenvalue weighted by Gasteiger charge is -2.25. The number of fused-ring (bicyclic) bond motifs is 1. The molecule has 0 aliphatic heterocycles. The van der Waals surface area contributed by atoms with E-state index in [0.717, 1.165) is 0 Å². The third kappa shape index (κ3) is 2.87. The highest BCUT2D eigenvalue weighted by molar-refractivity contribution is 5.87. The molecule has 6 nitrogen and oxygen atoms in total. The first-order valence-electron chi connectivity index (χ1n) is 7.22. The Hall–Kier alpha value is -2.54. The van der Waals surface area contributed by atoms with Gasteiger partial charge < -0.3 is 14.6 Å². The van der Waals surface area contributed by atoms with Crippen LogP contribution < -0.4 is 5.32 Å². The number of hydrogen-bond acceptors (Lipinski definition) is 6. The van der Waals surface area contributed by atoms with Crippen LogP contribution >= 0.6 is 0 Å². The summed E-state index contributed by atoms with van der Waals surface area (Å²) in [5.74, 6) is 0.279. The van der Waals surface area contributed by atoms with Crippen molar-refractivity contribution < 1.29 is 13.7 Å². The Morgan fingerprint density at radius 3 is 2.78 bits per heavy atom. The number of nitrogens with zero attached hydrogens (tertiary/aromatic N) is 3. The molecule has 0 saturated carbocycles. The standard InChI is InChI=1S/C16H17FN4O2/c1-9-13-15(18-8-19-16(13)23-21-9)20-10(2)14(22-3)11-6-4-5-7-12(11)17/h4-8,10,14H,1-3H3,(H,18,19,20)/t10-,14+/m1/s1. The minimum Gasteiger partial charge on any atom is -0.375 e. The average molecular weight is 316 g/mol. The average Bonchev–Trinajstić information content (AvgIpc) is 2.92. The van der Waals surface area contributed by atoms with E-state index in [1.165, 1.54) is 12.4 Å². The molecule has 0 aliphatic rings. The van der Waals surface area contributed by atoms with Gasteiger partial charge in [-0.15, -0.1) is 0 Å². The molecule has 0 fully saturated rings. The van der Waals surface area contributed by atoms with Crippen molar-refractivity contribution in [2.45, 2.75) is 26.0 Å². The quantitative estimate of drug-likeness (QED) is 0.779. The number of aromatic nitrogens is 3. The molecule has 0 aliphatic carbocycles. The van der Waals surface area contributed by atoms with Gasteiger partial charge in [0.25, 0.3) is 5.71 Å². The molecule has 2 heterocycles. The van der Waals surface area contributed by atoms with E-state index in [9.17, 15) is 4.39 Å². The normalized spacial score (nSPS) is 13.9. The van der Waals surface area contributed by atoms with Gasteiger partial charge in [0, 0.05) is 12.7 Å². The molecule has 120 valence electrons. The molecular weight excluding hydrogens is 299 g/mol. The molecule has 2 atom stereocenters. The third-order valence-corrected chi connectivity index (χ3v) is 3.73. The highest BCUT2D eigenvalue weighted by atomic mass is 19.1. The number of halogens is 1. The van der Waals surface area contributed by atoms with Crippen LogP contribution in [0.5, 0.6) is 0 Å². The zero-order valence-electron chi connectivity index (χ0n) is 13.1. The summed E-state index contributed by atoms with van der Waals surface area (Å²) >= 11 is 0. The number of nitrogens with one attached hydrogen (secondary N) is 1. The largest absolute Gasteiger partial charge is 0.375 e. The first kappa shape index (κ1) is 15.4. The van der Waals surface area contributed by atoms with Crippen molar-refractivity contribution in [3.8, 4) is 0 Å². The SMILES string of the molecule is CO[C@H](c1ccccc1F)[C@@H](C)Nc1ncnc2onc(C)c12. The highest BCUT2D eigenvalue weighted by Gasteiger charge is 2.23. The lowest BCUT2D eigenvalue weighted by Crippen LogP contribution is -2.27. The molecule has 0 unspecified atom stereocenters. The fourth-order valence-electron chi connectivity index (χ4n) is 2.63. The van der Waals surface area contributed by atoms with E-state index in [1.807, 2.05) is 13.8 Å². The zero-order chi connectivity index (χ0) is 16.4. The number of aryl methyl sites for hydroxylation is 1. The van der Waals surface area contributed by atoms with E-state index < -0.39 is 6.10 Å². The predicted molar refractivity (Wildman–Crippen MR) is 83.6 cm³/mol. The van der Waals surface area contributed by atoms with Crippen LogP contribution in [0, 0.1) is 12.7 Å². The van der Waals surface area contributed by atoms with Crippen LogP contribution in [0.15, 0.2) is 35.1 Å². The number of ether oxygens (including phenoxy) is 1. The van der Waals surface area contributed by atoms with Crippen LogP contribution in [-0.4, -0.2) is 28.3 Å². The van der Waals surface area contributed by atoms with E-state index in [0.29, 0.717) is 28.2 Å². The molecule has 0 amide bonds. The summed E-state index contributed by atoms with van der Waals surface area (Å²) < 4.78 is 24.7. The van der Waals surface area contributed by atoms with Crippen LogP contribution in [0.2, 0.25) is 0 Å². The second kappa shape index (κ2) is 6.29. The summed E-state index contributed by atoms with van der Waals surface area (Å²) in [6, 6.07) is 6.33.